The number of carboxylic acid groups (broad SMARTS) is 1. The summed E-state index contributed by atoms with van der Waals surface area (Å²) in [7, 11) is 1.35. The molecule has 6 rings (SSSR count). The lowest BCUT2D eigenvalue weighted by Crippen LogP contribution is -2.38. The minimum Gasteiger partial charge on any atom is -0.496 e. The van der Waals surface area contributed by atoms with E-state index >= 15 is 4.39 Å². The van der Waals surface area contributed by atoms with E-state index in [4.69, 9.17) is 14.5 Å². The third-order valence-electron chi connectivity index (χ3n) is 9.33. The number of cyclic esters (lactones) is 1. The number of alkyl halides is 6. The van der Waals surface area contributed by atoms with E-state index in [0.29, 0.717) is 40.3 Å². The predicted molar refractivity (Wildman–Crippen MR) is 157 cm³/mol. The fourth-order valence-corrected chi connectivity index (χ4v) is 6.38. The highest BCUT2D eigenvalue weighted by atomic mass is 19.4. The van der Waals surface area contributed by atoms with Crippen molar-refractivity contribution in [2.45, 2.75) is 63.1 Å². The first-order valence-electron chi connectivity index (χ1n) is 15.2. The van der Waals surface area contributed by atoms with Gasteiger partial charge >= 0.3 is 24.4 Å². The molecule has 2 saturated heterocycles. The van der Waals surface area contributed by atoms with Gasteiger partial charge in [0.05, 0.1) is 42.4 Å². The van der Waals surface area contributed by atoms with E-state index in [1.54, 1.807) is 18.2 Å². The van der Waals surface area contributed by atoms with E-state index < -0.39 is 65.0 Å². The summed E-state index contributed by atoms with van der Waals surface area (Å²) in [6.07, 6.45) is -11.2. The number of hydrogen-bond donors (Lipinski definition) is 1. The van der Waals surface area contributed by atoms with Crippen LogP contribution in [0, 0.1) is 11.7 Å². The summed E-state index contributed by atoms with van der Waals surface area (Å²) in [5.74, 6) is -1.76. The molecule has 48 heavy (non-hydrogen) atoms. The van der Waals surface area contributed by atoms with Crippen molar-refractivity contribution in [3.8, 4) is 16.9 Å². The fourth-order valence-electron chi connectivity index (χ4n) is 6.38. The van der Waals surface area contributed by atoms with Crippen molar-refractivity contribution in [1.29, 1.82) is 0 Å². The van der Waals surface area contributed by atoms with Gasteiger partial charge in [-0.2, -0.15) is 26.3 Å². The van der Waals surface area contributed by atoms with Gasteiger partial charge in [0, 0.05) is 30.3 Å². The van der Waals surface area contributed by atoms with Crippen LogP contribution >= 0.6 is 0 Å². The zero-order valence-corrected chi connectivity index (χ0v) is 25.7. The molecule has 1 aliphatic carbocycles. The van der Waals surface area contributed by atoms with Gasteiger partial charge in [-0.25, -0.2) is 14.2 Å². The van der Waals surface area contributed by atoms with Crippen LogP contribution in [0.5, 0.6) is 5.75 Å². The molecule has 0 unspecified atom stereocenters. The number of anilines is 1. The van der Waals surface area contributed by atoms with Crippen molar-refractivity contribution in [2.24, 2.45) is 5.92 Å². The number of carbonyl (C=O) groups is 2. The van der Waals surface area contributed by atoms with Crippen molar-refractivity contribution >= 4 is 17.9 Å². The standard InChI is InChI=1S/C33H30F7N3O5/c1-16-29(18-10-20(32(35,36)37)12-21(11-18)33(38,39)40)48-31(46)43(16)15-26-22(4-5-28(41-26)42-6-3-7-42)24-13-23(25(34)14-27(24)47-2)17-8-19(9-17)30(44)45/h4-5,10-14,16-17,19,29H,3,6-9,15H2,1-2H3,(H,44,45)/t16-,17?,19?,29-/m0/s1. The van der Waals surface area contributed by atoms with Crippen molar-refractivity contribution in [3.63, 3.8) is 0 Å². The maximum Gasteiger partial charge on any atom is 0.416 e. The Morgan fingerprint density at radius 2 is 1.65 bits per heavy atom. The Balaban J connectivity index is 1.38. The third-order valence-corrected chi connectivity index (χ3v) is 9.33. The molecule has 1 saturated carbocycles. The van der Waals surface area contributed by atoms with Crippen LogP contribution in [0.4, 0.5) is 41.3 Å². The van der Waals surface area contributed by atoms with Crippen LogP contribution in [0.25, 0.3) is 11.1 Å². The first kappa shape index (κ1) is 33.3. The number of aromatic nitrogens is 1. The van der Waals surface area contributed by atoms with Gasteiger partial charge in [0.1, 0.15) is 23.5 Å². The highest BCUT2D eigenvalue weighted by Crippen LogP contribution is 2.47. The molecule has 3 fully saturated rings. The van der Waals surface area contributed by atoms with Gasteiger partial charge in [0.25, 0.3) is 0 Å². The lowest BCUT2D eigenvalue weighted by atomic mass is 9.71. The van der Waals surface area contributed by atoms with Crippen molar-refractivity contribution in [2.75, 3.05) is 25.1 Å². The van der Waals surface area contributed by atoms with Crippen molar-refractivity contribution in [3.05, 3.63) is 76.2 Å². The highest BCUT2D eigenvalue weighted by molar-refractivity contribution is 5.77. The molecule has 2 aliphatic heterocycles. The Kier molecular flexibility index (Phi) is 8.44. The molecule has 3 aromatic rings. The van der Waals surface area contributed by atoms with E-state index in [2.05, 4.69) is 0 Å². The van der Waals surface area contributed by atoms with Gasteiger partial charge in [0.2, 0.25) is 0 Å². The third kappa shape index (κ3) is 6.21. The Bertz CT molecular complexity index is 1720. The molecule has 1 aromatic heterocycles. The lowest BCUT2D eigenvalue weighted by Gasteiger charge is -2.34. The summed E-state index contributed by atoms with van der Waals surface area (Å²) in [4.78, 5) is 32.5. The second-order valence-electron chi connectivity index (χ2n) is 12.3. The SMILES string of the molecule is COc1cc(F)c(C2CC(C(=O)O)C2)cc1-c1ccc(N2CCC2)nc1CN1C(=O)O[C@H](c2cc(C(F)(F)F)cc(C(F)(F)F)c2)[C@@H]1C. The summed E-state index contributed by atoms with van der Waals surface area (Å²) in [6.45, 7) is 2.65. The summed E-state index contributed by atoms with van der Waals surface area (Å²) >= 11 is 0. The second kappa shape index (κ2) is 12.2. The van der Waals surface area contributed by atoms with Gasteiger partial charge in [-0.15, -0.1) is 0 Å². The molecule has 2 atom stereocenters. The van der Waals surface area contributed by atoms with Gasteiger partial charge in [-0.05, 0) is 79.6 Å². The topological polar surface area (TPSA) is 92.2 Å². The minimum atomic E-state index is -5.08. The van der Waals surface area contributed by atoms with E-state index in [1.807, 2.05) is 4.90 Å². The molecule has 256 valence electrons. The average molecular weight is 682 g/mol. The number of carboxylic acids is 1. The fraction of sp³-hybridized carbons (Fsp3) is 0.424. The average Bonchev–Trinajstić information content (AvgIpc) is 3.23. The number of halogens is 7. The van der Waals surface area contributed by atoms with Crippen LogP contribution in [-0.2, 0) is 28.4 Å². The van der Waals surface area contributed by atoms with Crippen LogP contribution < -0.4 is 9.64 Å². The lowest BCUT2D eigenvalue weighted by molar-refractivity contribution is -0.145. The minimum absolute atomic E-state index is 0.00987. The van der Waals surface area contributed by atoms with Gasteiger partial charge in [-0.3, -0.25) is 9.69 Å². The number of aliphatic carboxylic acids is 1. The number of pyridine rings is 1. The summed E-state index contributed by atoms with van der Waals surface area (Å²) in [5.41, 5.74) is -2.07. The first-order chi connectivity index (χ1) is 22.5. The zero-order valence-electron chi connectivity index (χ0n) is 25.7. The van der Waals surface area contributed by atoms with E-state index in [9.17, 15) is 41.0 Å². The number of rotatable bonds is 8. The smallest absolute Gasteiger partial charge is 0.416 e. The van der Waals surface area contributed by atoms with E-state index in [0.717, 1.165) is 19.5 Å². The molecule has 1 N–H and O–H groups in total. The van der Waals surface area contributed by atoms with Crippen LogP contribution in [0.3, 0.4) is 0 Å². The number of methoxy groups -OCH3 is 1. The summed E-state index contributed by atoms with van der Waals surface area (Å²) < 4.78 is 108. The van der Waals surface area contributed by atoms with Crippen LogP contribution in [0.1, 0.15) is 66.2 Å². The molecule has 15 heteroatoms. The Morgan fingerprint density at radius 3 is 2.19 bits per heavy atom. The molecular weight excluding hydrogens is 651 g/mol. The first-order valence-corrected chi connectivity index (χ1v) is 15.2. The van der Waals surface area contributed by atoms with Crippen LogP contribution in [-0.4, -0.2) is 53.3 Å². The largest absolute Gasteiger partial charge is 0.496 e. The molecule has 8 nitrogen and oxygen atoms in total. The van der Waals surface area contributed by atoms with Gasteiger partial charge in [0.15, 0.2) is 0 Å². The summed E-state index contributed by atoms with van der Waals surface area (Å²) in [5, 5.41) is 9.31. The summed E-state index contributed by atoms with van der Waals surface area (Å²) in [6, 6.07) is 6.32. The zero-order chi connectivity index (χ0) is 34.7. The Morgan fingerprint density at radius 1 is 1.00 bits per heavy atom. The van der Waals surface area contributed by atoms with Crippen LogP contribution in [0.15, 0.2) is 42.5 Å². The van der Waals surface area contributed by atoms with Crippen molar-refractivity contribution in [1.82, 2.24) is 9.88 Å². The van der Waals surface area contributed by atoms with Crippen molar-refractivity contribution < 1.29 is 54.9 Å². The quantitative estimate of drug-likeness (QED) is 0.243. The predicted octanol–water partition coefficient (Wildman–Crippen LogP) is 7.80. The molecule has 3 heterocycles. The number of carbonyl (C=O) groups excluding carboxylic acids is 1. The number of benzene rings is 2. The normalized spacial score (nSPS) is 22.6. The van der Waals surface area contributed by atoms with Gasteiger partial charge < -0.3 is 19.5 Å². The maximum absolute atomic E-state index is 15.2. The Labute approximate surface area is 270 Å². The molecule has 0 spiro atoms. The number of hydrogen-bond acceptors (Lipinski definition) is 6. The monoisotopic (exact) mass is 681 g/mol. The number of nitrogens with zero attached hydrogens (tertiary/aromatic N) is 3. The number of ether oxygens (including phenoxy) is 2. The Hall–Kier alpha value is -4.56. The molecule has 3 aliphatic rings. The second-order valence-corrected chi connectivity index (χ2v) is 12.3. The molecule has 0 bridgehead atoms. The van der Waals surface area contributed by atoms with Crippen LogP contribution in [0.2, 0.25) is 0 Å². The maximum atomic E-state index is 15.2. The van der Waals surface area contributed by atoms with E-state index in [1.165, 1.54) is 25.0 Å². The molecular formula is C33H30F7N3O5. The van der Waals surface area contributed by atoms with E-state index in [-0.39, 0.29) is 37.1 Å². The molecule has 2 aromatic carbocycles. The highest BCUT2D eigenvalue weighted by Gasteiger charge is 2.44. The van der Waals surface area contributed by atoms with Gasteiger partial charge in [-0.1, -0.05) is 0 Å². The molecule has 1 amide bonds. The number of amides is 1. The molecule has 0 radical (unpaired) electrons.